The van der Waals surface area contributed by atoms with Crippen molar-refractivity contribution in [2.45, 2.75) is 6.54 Å². The Labute approximate surface area is 177 Å². The number of halogens is 1. The van der Waals surface area contributed by atoms with Gasteiger partial charge in [-0.05, 0) is 36.4 Å². The number of nitrogens with zero attached hydrogens (tertiary/aromatic N) is 5. The predicted octanol–water partition coefficient (Wildman–Crippen LogP) is 3.29. The van der Waals surface area contributed by atoms with Crippen LogP contribution in [-0.2, 0) is 6.54 Å². The highest BCUT2D eigenvalue weighted by atomic mass is 35.5. The van der Waals surface area contributed by atoms with Crippen LogP contribution in [0.3, 0.4) is 0 Å². The summed E-state index contributed by atoms with van der Waals surface area (Å²) in [5.74, 6) is -0.254. The molecule has 3 aromatic heterocycles. The van der Waals surface area contributed by atoms with Crippen LogP contribution in [-0.4, -0.2) is 37.4 Å². The van der Waals surface area contributed by atoms with E-state index < -0.39 is 0 Å². The molecule has 9 heteroatoms. The van der Waals surface area contributed by atoms with Crippen molar-refractivity contribution in [3.8, 4) is 28.7 Å². The minimum atomic E-state index is -0.254. The van der Waals surface area contributed by atoms with E-state index in [0.29, 0.717) is 40.8 Å². The second-order valence-electron chi connectivity index (χ2n) is 6.41. The molecule has 0 atom stereocenters. The zero-order valence-electron chi connectivity index (χ0n) is 15.7. The van der Waals surface area contributed by atoms with Gasteiger partial charge in [-0.3, -0.25) is 19.6 Å². The van der Waals surface area contributed by atoms with Gasteiger partial charge in [0.25, 0.3) is 5.91 Å². The van der Waals surface area contributed by atoms with E-state index in [1.807, 2.05) is 36.5 Å². The van der Waals surface area contributed by atoms with Crippen molar-refractivity contribution < 1.29 is 4.79 Å². The van der Waals surface area contributed by atoms with Gasteiger partial charge in [0.2, 0.25) is 0 Å². The van der Waals surface area contributed by atoms with E-state index in [-0.39, 0.29) is 5.91 Å². The van der Waals surface area contributed by atoms with E-state index in [0.717, 1.165) is 11.3 Å². The van der Waals surface area contributed by atoms with E-state index in [1.54, 1.807) is 35.1 Å². The smallest absolute Gasteiger partial charge is 0.269 e. The fourth-order valence-corrected chi connectivity index (χ4v) is 3.09. The quantitative estimate of drug-likeness (QED) is 0.500. The number of pyridine rings is 1. The molecule has 0 bridgehead atoms. The number of amides is 1. The number of aromatic nitrogens is 5. The number of rotatable bonds is 6. The lowest BCUT2D eigenvalue weighted by atomic mass is 10.1. The summed E-state index contributed by atoms with van der Waals surface area (Å²) in [4.78, 5) is 16.5. The van der Waals surface area contributed by atoms with Crippen LogP contribution in [0.25, 0.3) is 22.6 Å². The molecule has 148 valence electrons. The van der Waals surface area contributed by atoms with Crippen molar-refractivity contribution in [3.05, 3.63) is 77.2 Å². The van der Waals surface area contributed by atoms with Crippen LogP contribution < -0.4 is 5.32 Å². The summed E-state index contributed by atoms with van der Waals surface area (Å²) >= 11 is 6.09. The van der Waals surface area contributed by atoms with Crippen LogP contribution in [0.1, 0.15) is 16.1 Å². The second-order valence-corrected chi connectivity index (χ2v) is 6.82. The molecule has 4 rings (SSSR count). The maximum Gasteiger partial charge on any atom is 0.269 e. The van der Waals surface area contributed by atoms with Crippen LogP contribution in [0.2, 0.25) is 5.02 Å². The first-order chi connectivity index (χ1) is 14.6. The van der Waals surface area contributed by atoms with E-state index in [4.69, 9.17) is 16.9 Å². The van der Waals surface area contributed by atoms with E-state index >= 15 is 0 Å². The van der Waals surface area contributed by atoms with Gasteiger partial charge >= 0.3 is 0 Å². The Kier molecular flexibility index (Phi) is 5.54. The first-order valence-corrected chi connectivity index (χ1v) is 9.50. The van der Waals surface area contributed by atoms with E-state index in [1.165, 1.54) is 0 Å². The number of H-pyrrole nitrogens is 1. The molecule has 0 saturated carbocycles. The molecule has 3 heterocycles. The van der Waals surface area contributed by atoms with Crippen LogP contribution in [0.15, 0.2) is 60.9 Å². The van der Waals surface area contributed by atoms with Crippen molar-refractivity contribution in [2.24, 2.45) is 0 Å². The van der Waals surface area contributed by atoms with Crippen molar-refractivity contribution in [2.75, 3.05) is 6.54 Å². The molecule has 0 saturated heterocycles. The minimum absolute atomic E-state index is 0.254. The lowest BCUT2D eigenvalue weighted by Crippen LogP contribution is -2.27. The molecule has 30 heavy (non-hydrogen) atoms. The third-order valence-corrected chi connectivity index (χ3v) is 4.71. The summed E-state index contributed by atoms with van der Waals surface area (Å²) in [5, 5.41) is 23.5. The molecule has 0 spiro atoms. The SMILES string of the molecule is N#Cc1ccc(-c2ccn(CCNC(=O)c3cc(-c4ccccn4)n[nH]3)n2)cc1Cl. The average Bonchev–Trinajstić information content (AvgIpc) is 3.44. The van der Waals surface area contributed by atoms with Crippen molar-refractivity contribution in [1.29, 1.82) is 5.26 Å². The summed E-state index contributed by atoms with van der Waals surface area (Å²) in [5.41, 5.74) is 3.65. The lowest BCUT2D eigenvalue weighted by molar-refractivity contribution is 0.0947. The van der Waals surface area contributed by atoms with Crippen LogP contribution >= 0.6 is 11.6 Å². The molecule has 1 amide bonds. The predicted molar refractivity (Wildman–Crippen MR) is 112 cm³/mol. The maximum absolute atomic E-state index is 12.3. The number of benzene rings is 1. The Morgan fingerprint density at radius 3 is 2.83 bits per heavy atom. The number of carbonyl (C=O) groups excluding carboxylic acids is 1. The van der Waals surface area contributed by atoms with Gasteiger partial charge in [0, 0.05) is 24.5 Å². The molecular weight excluding hydrogens is 402 g/mol. The molecule has 0 radical (unpaired) electrons. The van der Waals surface area contributed by atoms with Crippen LogP contribution in [0.5, 0.6) is 0 Å². The largest absolute Gasteiger partial charge is 0.349 e. The normalized spacial score (nSPS) is 10.5. The zero-order chi connectivity index (χ0) is 20.9. The Bertz CT molecular complexity index is 1220. The van der Waals surface area contributed by atoms with Gasteiger partial charge in [-0.25, -0.2) is 0 Å². The first-order valence-electron chi connectivity index (χ1n) is 9.12. The second kappa shape index (κ2) is 8.59. The minimum Gasteiger partial charge on any atom is -0.349 e. The summed E-state index contributed by atoms with van der Waals surface area (Å²) in [6.07, 6.45) is 3.50. The molecule has 0 aliphatic heterocycles. The van der Waals surface area contributed by atoms with Gasteiger partial charge in [0.15, 0.2) is 0 Å². The highest BCUT2D eigenvalue weighted by Gasteiger charge is 2.11. The number of hydrogen-bond acceptors (Lipinski definition) is 5. The fourth-order valence-electron chi connectivity index (χ4n) is 2.87. The third-order valence-electron chi connectivity index (χ3n) is 4.40. The molecule has 0 unspecified atom stereocenters. The molecule has 8 nitrogen and oxygen atoms in total. The third kappa shape index (κ3) is 4.21. The Morgan fingerprint density at radius 1 is 1.17 bits per heavy atom. The Morgan fingerprint density at radius 2 is 2.07 bits per heavy atom. The zero-order valence-corrected chi connectivity index (χ0v) is 16.5. The standard InChI is InChI=1S/C21H16ClN7O/c22-16-11-14(4-5-15(16)13-23)17-6-9-29(28-17)10-8-25-21(30)20-12-19(26-27-20)18-3-1-2-7-24-18/h1-7,9,11-12H,8,10H2,(H,25,30)(H,26,27). The maximum atomic E-state index is 12.3. The van der Waals surface area contributed by atoms with Gasteiger partial charge in [-0.15, -0.1) is 0 Å². The topological polar surface area (TPSA) is 112 Å². The average molecular weight is 418 g/mol. The van der Waals surface area contributed by atoms with Gasteiger partial charge in [-0.2, -0.15) is 15.5 Å². The van der Waals surface area contributed by atoms with Crippen molar-refractivity contribution in [1.82, 2.24) is 30.3 Å². The Balaban J connectivity index is 1.34. The summed E-state index contributed by atoms with van der Waals surface area (Å²) in [6.45, 7) is 0.892. The first kappa shape index (κ1) is 19.4. The van der Waals surface area contributed by atoms with Gasteiger partial charge in [0.1, 0.15) is 17.5 Å². The van der Waals surface area contributed by atoms with Gasteiger partial charge in [0.05, 0.1) is 28.5 Å². The van der Waals surface area contributed by atoms with E-state index in [2.05, 4.69) is 25.6 Å². The monoisotopic (exact) mass is 417 g/mol. The molecule has 0 aliphatic rings. The van der Waals surface area contributed by atoms with Crippen molar-refractivity contribution in [3.63, 3.8) is 0 Å². The van der Waals surface area contributed by atoms with Gasteiger partial charge in [-0.1, -0.05) is 23.7 Å². The Hall–Kier alpha value is -3.96. The van der Waals surface area contributed by atoms with Crippen LogP contribution in [0.4, 0.5) is 0 Å². The van der Waals surface area contributed by atoms with Crippen LogP contribution in [0, 0.1) is 11.3 Å². The molecule has 4 aromatic rings. The number of hydrogen-bond donors (Lipinski definition) is 2. The summed E-state index contributed by atoms with van der Waals surface area (Å²) in [6, 6.07) is 16.2. The van der Waals surface area contributed by atoms with Crippen molar-refractivity contribution >= 4 is 17.5 Å². The number of carbonyl (C=O) groups is 1. The number of nitriles is 1. The number of nitrogens with one attached hydrogen (secondary N) is 2. The number of aromatic amines is 1. The molecule has 0 aliphatic carbocycles. The molecule has 0 fully saturated rings. The van der Waals surface area contributed by atoms with Gasteiger partial charge < -0.3 is 5.32 Å². The molecule has 1 aromatic carbocycles. The molecule has 2 N–H and O–H groups in total. The van der Waals surface area contributed by atoms with E-state index in [9.17, 15) is 4.79 Å². The lowest BCUT2D eigenvalue weighted by Gasteiger charge is -2.04. The molecular formula is C21H16ClN7O. The highest BCUT2D eigenvalue weighted by Crippen LogP contribution is 2.24. The highest BCUT2D eigenvalue weighted by molar-refractivity contribution is 6.32. The summed E-state index contributed by atoms with van der Waals surface area (Å²) < 4.78 is 1.73. The summed E-state index contributed by atoms with van der Waals surface area (Å²) in [7, 11) is 0. The fraction of sp³-hybridized carbons (Fsp3) is 0.0952.